The van der Waals surface area contributed by atoms with E-state index in [4.69, 9.17) is 9.05 Å². The van der Waals surface area contributed by atoms with Gasteiger partial charge in [-0.25, -0.2) is 0 Å². The first-order chi connectivity index (χ1) is 34.0. The molecular formula is C61H121N2O6P. The summed E-state index contributed by atoms with van der Waals surface area (Å²) in [6.45, 7) is 4.67. The number of phosphoric acid groups is 1. The third-order valence-corrected chi connectivity index (χ3v) is 15.1. The van der Waals surface area contributed by atoms with Gasteiger partial charge in [0.25, 0.3) is 7.82 Å². The van der Waals surface area contributed by atoms with E-state index in [0.29, 0.717) is 17.4 Å². The molecule has 1 amide bonds. The van der Waals surface area contributed by atoms with Gasteiger partial charge in [-0.3, -0.25) is 9.36 Å². The van der Waals surface area contributed by atoms with Gasteiger partial charge in [0.05, 0.1) is 39.9 Å². The van der Waals surface area contributed by atoms with Gasteiger partial charge >= 0.3 is 0 Å². The number of carbonyl (C=O) groups excluding carboxylic acids is 1. The van der Waals surface area contributed by atoms with Crippen LogP contribution in [0.25, 0.3) is 0 Å². The Morgan fingerprint density at radius 1 is 0.486 bits per heavy atom. The largest absolute Gasteiger partial charge is 0.756 e. The van der Waals surface area contributed by atoms with Crippen LogP contribution in [0.4, 0.5) is 0 Å². The lowest BCUT2D eigenvalue weighted by molar-refractivity contribution is -0.870. The minimum atomic E-state index is -4.60. The van der Waals surface area contributed by atoms with E-state index >= 15 is 0 Å². The van der Waals surface area contributed by atoms with Gasteiger partial charge in [0.2, 0.25) is 5.91 Å². The molecule has 9 heteroatoms. The van der Waals surface area contributed by atoms with Crippen LogP contribution in [0.3, 0.4) is 0 Å². The van der Waals surface area contributed by atoms with E-state index in [1.54, 1.807) is 6.08 Å². The average Bonchev–Trinajstić information content (AvgIpc) is 3.32. The van der Waals surface area contributed by atoms with Gasteiger partial charge in [0.15, 0.2) is 0 Å². The van der Waals surface area contributed by atoms with Crippen LogP contribution in [0.2, 0.25) is 0 Å². The van der Waals surface area contributed by atoms with Crippen molar-refractivity contribution in [3.05, 3.63) is 24.3 Å². The molecule has 0 aromatic heterocycles. The molecule has 3 unspecified atom stereocenters. The Morgan fingerprint density at radius 2 is 0.800 bits per heavy atom. The molecule has 0 saturated heterocycles. The summed E-state index contributed by atoms with van der Waals surface area (Å²) in [6.07, 6.45) is 67.1. The molecule has 2 N–H and O–H groups in total. The fourth-order valence-electron chi connectivity index (χ4n) is 9.35. The van der Waals surface area contributed by atoms with E-state index in [2.05, 4.69) is 31.3 Å². The summed E-state index contributed by atoms with van der Waals surface area (Å²) in [5, 5.41) is 13.9. The van der Waals surface area contributed by atoms with Crippen LogP contribution in [0, 0.1) is 0 Å². The zero-order valence-electron chi connectivity index (χ0n) is 47.5. The monoisotopic (exact) mass is 1010 g/mol. The Hall–Kier alpha value is -1.02. The molecule has 8 nitrogen and oxygen atoms in total. The van der Waals surface area contributed by atoms with Crippen molar-refractivity contribution in [1.29, 1.82) is 0 Å². The molecule has 0 heterocycles. The Labute approximate surface area is 436 Å². The Balaban J connectivity index is 4.10. The molecule has 0 aromatic carbocycles. The lowest BCUT2D eigenvalue weighted by atomic mass is 10.0. The van der Waals surface area contributed by atoms with Gasteiger partial charge in [0.1, 0.15) is 13.2 Å². The van der Waals surface area contributed by atoms with Crippen molar-refractivity contribution in [2.24, 2.45) is 0 Å². The number of carbonyl (C=O) groups is 1. The van der Waals surface area contributed by atoms with Crippen LogP contribution in [-0.4, -0.2) is 68.5 Å². The first-order valence-electron chi connectivity index (χ1n) is 30.7. The van der Waals surface area contributed by atoms with Gasteiger partial charge < -0.3 is 28.8 Å². The van der Waals surface area contributed by atoms with Gasteiger partial charge in [-0.1, -0.05) is 295 Å². The van der Waals surface area contributed by atoms with E-state index in [9.17, 15) is 19.4 Å². The van der Waals surface area contributed by atoms with Gasteiger partial charge in [0, 0.05) is 6.42 Å². The standard InChI is InChI=1S/C61H121N2O6P/c1-6-8-10-12-14-16-18-20-22-24-25-26-27-28-29-30-31-32-33-34-35-36-37-38-39-40-42-44-46-48-50-52-54-60(64)59(58-69-70(66,67)68-57-56-63(3,4)5)62-61(65)55-53-51-49-47-45-43-41-23-21-19-17-15-13-11-9-7-2/h44,46,52,54,59-60,64H,6-43,45,47-51,53,55-58H2,1-5H3,(H-,62,65,66,67)/b46-44+,54-52+. The maximum Gasteiger partial charge on any atom is 0.268 e. The van der Waals surface area contributed by atoms with E-state index in [1.165, 1.54) is 250 Å². The summed E-state index contributed by atoms with van der Waals surface area (Å²) in [4.78, 5) is 25.5. The number of allylic oxidation sites excluding steroid dienone is 3. The Kier molecular flexibility index (Phi) is 52.1. The first-order valence-corrected chi connectivity index (χ1v) is 32.2. The average molecular weight is 1010 g/mol. The third kappa shape index (κ3) is 54.7. The number of aliphatic hydroxyl groups excluding tert-OH is 1. The topological polar surface area (TPSA) is 108 Å². The number of hydrogen-bond acceptors (Lipinski definition) is 6. The number of nitrogens with zero attached hydrogens (tertiary/aromatic N) is 1. The fourth-order valence-corrected chi connectivity index (χ4v) is 10.1. The molecule has 0 radical (unpaired) electrons. The van der Waals surface area contributed by atoms with Gasteiger partial charge in [-0.2, -0.15) is 0 Å². The molecule has 0 spiro atoms. The molecule has 0 rings (SSSR count). The highest BCUT2D eigenvalue weighted by Crippen LogP contribution is 2.38. The third-order valence-electron chi connectivity index (χ3n) is 14.2. The van der Waals surface area contributed by atoms with Crippen molar-refractivity contribution in [2.75, 3.05) is 40.9 Å². The maximum atomic E-state index is 12.9. The van der Waals surface area contributed by atoms with Crippen molar-refractivity contribution in [2.45, 2.75) is 321 Å². The van der Waals surface area contributed by atoms with Crippen molar-refractivity contribution in [3.8, 4) is 0 Å². The minimum absolute atomic E-state index is 0.00374. The maximum absolute atomic E-state index is 12.9. The normalized spacial score (nSPS) is 14.0. The lowest BCUT2D eigenvalue weighted by Crippen LogP contribution is -2.45. The highest BCUT2D eigenvalue weighted by Gasteiger charge is 2.23. The number of amides is 1. The van der Waals surface area contributed by atoms with E-state index in [-0.39, 0.29) is 19.1 Å². The number of quaternary nitrogens is 1. The number of nitrogens with one attached hydrogen (secondary N) is 1. The molecule has 0 aliphatic carbocycles. The van der Waals surface area contributed by atoms with Crippen molar-refractivity contribution < 1.29 is 32.9 Å². The molecule has 0 aromatic rings. The predicted octanol–water partition coefficient (Wildman–Crippen LogP) is 18.1. The highest BCUT2D eigenvalue weighted by molar-refractivity contribution is 7.45. The van der Waals surface area contributed by atoms with Crippen LogP contribution in [0.1, 0.15) is 309 Å². The van der Waals surface area contributed by atoms with E-state index < -0.39 is 20.0 Å². The van der Waals surface area contributed by atoms with Crippen molar-refractivity contribution in [3.63, 3.8) is 0 Å². The second-order valence-electron chi connectivity index (χ2n) is 22.4. The highest BCUT2D eigenvalue weighted by atomic mass is 31.2. The number of unbranched alkanes of at least 4 members (excludes halogenated alkanes) is 42. The quantitative estimate of drug-likeness (QED) is 0.0272. The molecular weight excluding hydrogens is 888 g/mol. The Bertz CT molecular complexity index is 1190. The smallest absolute Gasteiger partial charge is 0.268 e. The number of aliphatic hydroxyl groups is 1. The molecule has 0 aliphatic heterocycles. The predicted molar refractivity (Wildman–Crippen MR) is 302 cm³/mol. The van der Waals surface area contributed by atoms with Crippen LogP contribution in [-0.2, 0) is 18.4 Å². The molecule has 3 atom stereocenters. The zero-order valence-corrected chi connectivity index (χ0v) is 48.4. The number of phosphoric ester groups is 1. The van der Waals surface area contributed by atoms with Gasteiger partial charge in [-0.15, -0.1) is 0 Å². The first kappa shape index (κ1) is 69.0. The molecule has 416 valence electrons. The number of likely N-dealkylation sites (N-methyl/N-ethyl adjacent to an activating group) is 1. The number of hydrogen-bond donors (Lipinski definition) is 2. The Morgan fingerprint density at radius 3 is 1.16 bits per heavy atom. The molecule has 0 aliphatic rings. The summed E-state index contributed by atoms with van der Waals surface area (Å²) >= 11 is 0. The van der Waals surface area contributed by atoms with Crippen LogP contribution in [0.15, 0.2) is 24.3 Å². The fraction of sp³-hybridized carbons (Fsp3) is 0.918. The van der Waals surface area contributed by atoms with Crippen molar-refractivity contribution >= 4 is 13.7 Å². The van der Waals surface area contributed by atoms with Crippen LogP contribution in [0.5, 0.6) is 0 Å². The molecule has 70 heavy (non-hydrogen) atoms. The molecule has 0 saturated carbocycles. The summed E-state index contributed by atoms with van der Waals surface area (Å²) in [5.41, 5.74) is 0. The summed E-state index contributed by atoms with van der Waals surface area (Å²) in [6, 6.07) is -0.900. The lowest BCUT2D eigenvalue weighted by Gasteiger charge is -2.29. The summed E-state index contributed by atoms with van der Waals surface area (Å²) in [7, 11) is 1.26. The van der Waals surface area contributed by atoms with Crippen LogP contribution >= 0.6 is 7.82 Å². The summed E-state index contributed by atoms with van der Waals surface area (Å²) in [5.74, 6) is -0.202. The molecule has 0 fully saturated rings. The zero-order chi connectivity index (χ0) is 51.3. The van der Waals surface area contributed by atoms with Crippen LogP contribution < -0.4 is 10.2 Å². The van der Waals surface area contributed by atoms with Crippen molar-refractivity contribution in [1.82, 2.24) is 5.32 Å². The second-order valence-corrected chi connectivity index (χ2v) is 23.8. The van der Waals surface area contributed by atoms with E-state index in [0.717, 1.165) is 38.5 Å². The second kappa shape index (κ2) is 52.8. The number of rotatable bonds is 57. The summed E-state index contributed by atoms with van der Waals surface area (Å²) < 4.78 is 23.3. The SMILES string of the molecule is CCCCCCCCCCCCCCCCCCCCCCCCCCCC/C=C/CC/C=C/C(O)C(COP(=O)([O-])OCC[N+](C)(C)C)NC(=O)CCCCCCCCCCCCCCCCCC. The van der Waals surface area contributed by atoms with Gasteiger partial charge in [-0.05, 0) is 32.1 Å². The molecule has 0 bridgehead atoms. The minimum Gasteiger partial charge on any atom is -0.756 e. The van der Waals surface area contributed by atoms with E-state index in [1.807, 2.05) is 27.2 Å².